The average molecular weight is 316 g/mol. The molecule has 0 spiro atoms. The predicted molar refractivity (Wildman–Crippen MR) is 82.3 cm³/mol. The van der Waals surface area contributed by atoms with E-state index in [4.69, 9.17) is 9.47 Å². The lowest BCUT2D eigenvalue weighted by molar-refractivity contribution is -0.148. The van der Waals surface area contributed by atoms with Gasteiger partial charge in [0.15, 0.2) is 0 Å². The van der Waals surface area contributed by atoms with Crippen LogP contribution in [-0.2, 0) is 19.1 Å². The van der Waals surface area contributed by atoms with Crippen LogP contribution in [0, 0.1) is 5.92 Å². The van der Waals surface area contributed by atoms with Gasteiger partial charge in [-0.25, -0.2) is 9.59 Å². The van der Waals surface area contributed by atoms with Gasteiger partial charge in [0.05, 0.1) is 13.2 Å². The lowest BCUT2D eigenvalue weighted by Crippen LogP contribution is -2.46. The molecule has 7 heteroatoms. The Morgan fingerprint density at radius 3 is 2.14 bits per heavy atom. The van der Waals surface area contributed by atoms with E-state index in [1.54, 1.807) is 0 Å². The third-order valence-corrected chi connectivity index (χ3v) is 2.61. The molecule has 2 amide bonds. The number of ether oxygens (including phenoxy) is 2. The summed E-state index contributed by atoms with van der Waals surface area (Å²) in [4.78, 5) is 34.9. The van der Waals surface area contributed by atoms with Crippen LogP contribution in [-0.4, -0.2) is 43.8 Å². The van der Waals surface area contributed by atoms with Crippen LogP contribution in [0.5, 0.6) is 0 Å². The predicted octanol–water partition coefficient (Wildman–Crippen LogP) is 1.61. The van der Waals surface area contributed by atoms with Gasteiger partial charge in [-0.2, -0.15) is 0 Å². The van der Waals surface area contributed by atoms with Crippen LogP contribution in [0.4, 0.5) is 4.79 Å². The molecule has 0 aliphatic carbocycles. The topological polar surface area (TPSA) is 93.7 Å². The van der Waals surface area contributed by atoms with E-state index in [9.17, 15) is 14.4 Å². The number of nitrogens with one attached hydrogen (secondary N) is 2. The van der Waals surface area contributed by atoms with Gasteiger partial charge in [-0.15, -0.1) is 0 Å². The van der Waals surface area contributed by atoms with E-state index in [-0.39, 0.29) is 12.5 Å². The van der Waals surface area contributed by atoms with E-state index in [0.717, 1.165) is 6.42 Å². The summed E-state index contributed by atoms with van der Waals surface area (Å²) in [5.41, 5.74) is 0. The number of rotatable bonds is 10. The first-order valence-corrected chi connectivity index (χ1v) is 7.77. The van der Waals surface area contributed by atoms with E-state index in [0.29, 0.717) is 26.1 Å². The number of hydrogen-bond acceptors (Lipinski definition) is 5. The van der Waals surface area contributed by atoms with Gasteiger partial charge < -0.3 is 20.1 Å². The standard InChI is InChI=1S/C15H28N2O5/c1-5-7-21-14(19)12(9-11(3)4)17-13(18)10-16-15(20)22-8-6-2/h11-12H,5-10H2,1-4H3,(H,16,20)(H,17,18). The highest BCUT2D eigenvalue weighted by atomic mass is 16.5. The molecule has 0 aromatic carbocycles. The third-order valence-electron chi connectivity index (χ3n) is 2.61. The highest BCUT2D eigenvalue weighted by molar-refractivity contribution is 5.87. The second kappa shape index (κ2) is 11.8. The van der Waals surface area contributed by atoms with Gasteiger partial charge in [0.25, 0.3) is 0 Å². The zero-order valence-electron chi connectivity index (χ0n) is 13.9. The summed E-state index contributed by atoms with van der Waals surface area (Å²) in [6, 6.07) is -0.701. The van der Waals surface area contributed by atoms with E-state index in [1.807, 2.05) is 27.7 Å². The highest BCUT2D eigenvalue weighted by Crippen LogP contribution is 2.06. The molecule has 0 fully saturated rings. The molecule has 128 valence electrons. The number of carbonyl (C=O) groups is 3. The van der Waals surface area contributed by atoms with E-state index in [2.05, 4.69) is 10.6 Å². The van der Waals surface area contributed by atoms with E-state index in [1.165, 1.54) is 0 Å². The molecule has 1 unspecified atom stereocenters. The van der Waals surface area contributed by atoms with Crippen molar-refractivity contribution in [2.75, 3.05) is 19.8 Å². The molecule has 22 heavy (non-hydrogen) atoms. The Bertz CT molecular complexity index is 358. The fourth-order valence-electron chi connectivity index (χ4n) is 1.63. The minimum absolute atomic E-state index is 0.224. The van der Waals surface area contributed by atoms with Gasteiger partial charge in [0.2, 0.25) is 5.91 Å². The molecule has 2 N–H and O–H groups in total. The number of amides is 2. The van der Waals surface area contributed by atoms with Crippen molar-refractivity contribution in [3.05, 3.63) is 0 Å². The van der Waals surface area contributed by atoms with Crippen LogP contribution >= 0.6 is 0 Å². The normalized spacial score (nSPS) is 11.7. The summed E-state index contributed by atoms with van der Waals surface area (Å²) in [6.45, 7) is 8.06. The fourth-order valence-corrected chi connectivity index (χ4v) is 1.63. The Morgan fingerprint density at radius 1 is 1.00 bits per heavy atom. The Labute approximate surface area is 132 Å². The molecule has 7 nitrogen and oxygen atoms in total. The fraction of sp³-hybridized carbons (Fsp3) is 0.800. The maximum Gasteiger partial charge on any atom is 0.407 e. The van der Waals surface area contributed by atoms with Crippen molar-refractivity contribution < 1.29 is 23.9 Å². The first-order valence-electron chi connectivity index (χ1n) is 7.77. The van der Waals surface area contributed by atoms with Gasteiger partial charge >= 0.3 is 12.1 Å². The molecule has 0 saturated heterocycles. The van der Waals surface area contributed by atoms with Gasteiger partial charge in [0, 0.05) is 0 Å². The zero-order chi connectivity index (χ0) is 17.0. The molecular formula is C15H28N2O5. The molecular weight excluding hydrogens is 288 g/mol. The largest absolute Gasteiger partial charge is 0.464 e. The zero-order valence-corrected chi connectivity index (χ0v) is 13.9. The Morgan fingerprint density at radius 2 is 1.59 bits per heavy atom. The number of hydrogen-bond donors (Lipinski definition) is 2. The van der Waals surface area contributed by atoms with E-state index >= 15 is 0 Å². The van der Waals surface area contributed by atoms with Crippen molar-refractivity contribution in [3.63, 3.8) is 0 Å². The van der Waals surface area contributed by atoms with Crippen LogP contribution in [0.25, 0.3) is 0 Å². The maximum atomic E-state index is 11.9. The lowest BCUT2D eigenvalue weighted by Gasteiger charge is -2.19. The molecule has 0 rings (SSSR count). The first-order chi connectivity index (χ1) is 10.4. The highest BCUT2D eigenvalue weighted by Gasteiger charge is 2.23. The second-order valence-corrected chi connectivity index (χ2v) is 5.41. The van der Waals surface area contributed by atoms with Crippen LogP contribution in [0.15, 0.2) is 0 Å². The average Bonchev–Trinajstić information content (AvgIpc) is 2.47. The molecule has 1 atom stereocenters. The SMILES string of the molecule is CCCOC(=O)NCC(=O)NC(CC(C)C)C(=O)OCCC. The summed E-state index contributed by atoms with van der Waals surface area (Å²) in [7, 11) is 0. The smallest absolute Gasteiger partial charge is 0.407 e. The van der Waals surface area contributed by atoms with Crippen LogP contribution < -0.4 is 10.6 Å². The Kier molecular flexibility index (Phi) is 10.9. The molecule has 0 bridgehead atoms. The number of alkyl carbamates (subject to hydrolysis) is 1. The van der Waals surface area contributed by atoms with Gasteiger partial charge in [-0.3, -0.25) is 4.79 Å². The molecule has 0 radical (unpaired) electrons. The lowest BCUT2D eigenvalue weighted by atomic mass is 10.0. The van der Waals surface area contributed by atoms with Gasteiger partial charge in [-0.1, -0.05) is 27.7 Å². The summed E-state index contributed by atoms with van der Waals surface area (Å²) < 4.78 is 9.86. The van der Waals surface area contributed by atoms with Crippen molar-refractivity contribution in [3.8, 4) is 0 Å². The molecule has 0 aromatic heterocycles. The number of carbonyl (C=O) groups excluding carboxylic acids is 3. The van der Waals surface area contributed by atoms with Gasteiger partial charge in [0.1, 0.15) is 12.6 Å². The first kappa shape index (κ1) is 20.2. The van der Waals surface area contributed by atoms with E-state index < -0.39 is 24.0 Å². The van der Waals surface area contributed by atoms with Crippen molar-refractivity contribution in [2.45, 2.75) is 53.0 Å². The third kappa shape index (κ3) is 10.0. The summed E-state index contributed by atoms with van der Waals surface area (Å²) >= 11 is 0. The van der Waals surface area contributed by atoms with Crippen molar-refractivity contribution in [1.29, 1.82) is 0 Å². The Balaban J connectivity index is 4.30. The van der Waals surface area contributed by atoms with Crippen molar-refractivity contribution in [2.24, 2.45) is 5.92 Å². The van der Waals surface area contributed by atoms with Crippen molar-refractivity contribution >= 4 is 18.0 Å². The molecule has 0 heterocycles. The van der Waals surface area contributed by atoms with Crippen LogP contribution in [0.1, 0.15) is 47.0 Å². The molecule has 0 aliphatic rings. The monoisotopic (exact) mass is 316 g/mol. The maximum absolute atomic E-state index is 11.9. The molecule has 0 aliphatic heterocycles. The quantitative estimate of drug-likeness (QED) is 0.597. The summed E-state index contributed by atoms with van der Waals surface area (Å²) in [6.07, 6.45) is 1.26. The molecule has 0 saturated carbocycles. The Hall–Kier alpha value is -1.79. The van der Waals surface area contributed by atoms with Crippen LogP contribution in [0.2, 0.25) is 0 Å². The minimum atomic E-state index is -0.701. The minimum Gasteiger partial charge on any atom is -0.464 e. The van der Waals surface area contributed by atoms with Crippen molar-refractivity contribution in [1.82, 2.24) is 10.6 Å². The van der Waals surface area contributed by atoms with Gasteiger partial charge in [-0.05, 0) is 25.2 Å². The second-order valence-electron chi connectivity index (χ2n) is 5.41. The summed E-state index contributed by atoms with van der Waals surface area (Å²) in [5, 5.41) is 4.92. The number of esters is 1. The van der Waals surface area contributed by atoms with Crippen LogP contribution in [0.3, 0.4) is 0 Å². The molecule has 0 aromatic rings. The summed E-state index contributed by atoms with van der Waals surface area (Å²) in [5.74, 6) is -0.674.